The molecule has 20 heavy (non-hydrogen) atoms. The Morgan fingerprint density at radius 2 is 1.95 bits per heavy atom. The lowest BCUT2D eigenvalue weighted by Crippen LogP contribution is -1.98. The summed E-state index contributed by atoms with van der Waals surface area (Å²) in [6, 6.07) is 12.0. The van der Waals surface area contributed by atoms with Crippen LogP contribution in [0.5, 0.6) is 0 Å². The molecule has 0 amide bonds. The number of nitrogens with two attached hydrogens (primary N) is 1. The second kappa shape index (κ2) is 4.81. The molecule has 0 aliphatic heterocycles. The molecule has 0 saturated heterocycles. The Hall–Kier alpha value is -2.62. The number of benzene rings is 2. The van der Waals surface area contributed by atoms with Crippen LogP contribution in [0.2, 0.25) is 0 Å². The normalized spacial score (nSPS) is 10.7. The lowest BCUT2D eigenvalue weighted by Gasteiger charge is -2.12. The predicted octanol–water partition coefficient (Wildman–Crippen LogP) is 4.01. The van der Waals surface area contributed by atoms with E-state index in [9.17, 15) is 4.39 Å². The van der Waals surface area contributed by atoms with E-state index >= 15 is 0 Å². The number of hydrogen-bond acceptors (Lipinski definition) is 3. The van der Waals surface area contributed by atoms with Crippen molar-refractivity contribution in [3.63, 3.8) is 0 Å². The number of nitrogens with one attached hydrogen (secondary N) is 1. The van der Waals surface area contributed by atoms with Crippen molar-refractivity contribution in [3.8, 4) is 0 Å². The van der Waals surface area contributed by atoms with Crippen LogP contribution < -0.4 is 11.1 Å². The number of rotatable bonds is 2. The fourth-order valence-corrected chi connectivity index (χ4v) is 2.31. The summed E-state index contributed by atoms with van der Waals surface area (Å²) in [5.41, 5.74) is 8.41. The molecule has 3 N–H and O–H groups in total. The highest BCUT2D eigenvalue weighted by Crippen LogP contribution is 2.30. The van der Waals surface area contributed by atoms with Crippen molar-refractivity contribution in [1.29, 1.82) is 0 Å². The summed E-state index contributed by atoms with van der Waals surface area (Å²) in [7, 11) is 0. The molecule has 0 radical (unpaired) electrons. The Morgan fingerprint density at radius 1 is 1.15 bits per heavy atom. The van der Waals surface area contributed by atoms with E-state index in [1.807, 2.05) is 25.1 Å². The Kier molecular flexibility index (Phi) is 2.99. The summed E-state index contributed by atoms with van der Waals surface area (Å²) in [4.78, 5) is 4.38. The predicted molar refractivity (Wildman–Crippen MR) is 80.6 cm³/mol. The lowest BCUT2D eigenvalue weighted by molar-refractivity contribution is 0.628. The summed E-state index contributed by atoms with van der Waals surface area (Å²) in [5, 5.41) is 5.03. The number of hydrogen-bond donors (Lipinski definition) is 2. The van der Waals surface area contributed by atoms with E-state index in [0.29, 0.717) is 17.2 Å². The fraction of sp³-hybridized carbons (Fsp3) is 0.0625. The quantitative estimate of drug-likeness (QED) is 0.690. The van der Waals surface area contributed by atoms with Gasteiger partial charge in [0.15, 0.2) is 0 Å². The number of fused-ring (bicyclic) bond motifs is 1. The van der Waals surface area contributed by atoms with Gasteiger partial charge in [0.1, 0.15) is 11.6 Å². The largest absolute Gasteiger partial charge is 0.398 e. The van der Waals surface area contributed by atoms with Gasteiger partial charge in [-0.2, -0.15) is 0 Å². The van der Waals surface area contributed by atoms with Crippen LogP contribution in [-0.2, 0) is 0 Å². The number of halogens is 1. The van der Waals surface area contributed by atoms with Crippen molar-refractivity contribution in [2.75, 3.05) is 11.1 Å². The number of nitrogen functional groups attached to an aromatic ring is 1. The molecule has 4 heteroatoms. The second-order valence-corrected chi connectivity index (χ2v) is 4.69. The van der Waals surface area contributed by atoms with Gasteiger partial charge in [-0.05, 0) is 36.8 Å². The molecule has 1 heterocycles. The topological polar surface area (TPSA) is 50.9 Å². The van der Waals surface area contributed by atoms with Crippen LogP contribution >= 0.6 is 0 Å². The third-order valence-corrected chi connectivity index (χ3v) is 3.22. The summed E-state index contributed by atoms with van der Waals surface area (Å²) in [5.74, 6) is 0.384. The summed E-state index contributed by atoms with van der Waals surface area (Å²) >= 11 is 0. The molecule has 3 rings (SSSR count). The van der Waals surface area contributed by atoms with Gasteiger partial charge in [0, 0.05) is 28.3 Å². The molecular weight excluding hydrogens is 253 g/mol. The molecular formula is C16H14FN3. The smallest absolute Gasteiger partial charge is 0.138 e. The van der Waals surface area contributed by atoms with Crippen LogP contribution in [0.4, 0.5) is 21.6 Å². The molecule has 0 aliphatic carbocycles. The second-order valence-electron chi connectivity index (χ2n) is 4.69. The molecule has 3 nitrogen and oxygen atoms in total. The van der Waals surface area contributed by atoms with Crippen LogP contribution in [0.15, 0.2) is 48.7 Å². The Labute approximate surface area is 116 Å². The number of anilines is 3. The third-order valence-electron chi connectivity index (χ3n) is 3.22. The number of aromatic nitrogens is 1. The molecule has 0 bridgehead atoms. The van der Waals surface area contributed by atoms with Gasteiger partial charge in [-0.3, -0.25) is 0 Å². The van der Waals surface area contributed by atoms with Gasteiger partial charge in [-0.25, -0.2) is 9.37 Å². The van der Waals surface area contributed by atoms with Gasteiger partial charge in [0.05, 0.1) is 0 Å². The van der Waals surface area contributed by atoms with E-state index in [0.717, 1.165) is 16.3 Å². The zero-order valence-electron chi connectivity index (χ0n) is 11.0. The first-order chi connectivity index (χ1) is 9.65. The molecule has 0 spiro atoms. The Bertz CT molecular complexity index is 776. The van der Waals surface area contributed by atoms with Gasteiger partial charge in [-0.1, -0.05) is 18.2 Å². The molecule has 0 aliphatic rings. The molecule has 3 aromatic rings. The van der Waals surface area contributed by atoms with Crippen LogP contribution in [0.25, 0.3) is 10.8 Å². The molecule has 0 fully saturated rings. The van der Waals surface area contributed by atoms with Gasteiger partial charge in [0.25, 0.3) is 0 Å². The first-order valence-corrected chi connectivity index (χ1v) is 6.31. The van der Waals surface area contributed by atoms with Gasteiger partial charge in [-0.15, -0.1) is 0 Å². The minimum Gasteiger partial charge on any atom is -0.398 e. The van der Waals surface area contributed by atoms with Crippen molar-refractivity contribution in [3.05, 3.63) is 60.0 Å². The standard InChI is InChI=1S/C16H14FN3/c1-10-9-19-16(13-6-3-7-14(18)15(10)13)20-12-5-2-4-11(17)8-12/h2-9H,18H2,1H3,(H,19,20). The zero-order valence-corrected chi connectivity index (χ0v) is 11.0. The van der Waals surface area contributed by atoms with Crippen molar-refractivity contribution in [1.82, 2.24) is 4.98 Å². The minimum absolute atomic E-state index is 0.286. The van der Waals surface area contributed by atoms with Crippen molar-refractivity contribution in [2.45, 2.75) is 6.92 Å². The lowest BCUT2D eigenvalue weighted by atomic mass is 10.1. The highest BCUT2D eigenvalue weighted by Gasteiger charge is 2.08. The summed E-state index contributed by atoms with van der Waals surface area (Å²) < 4.78 is 13.2. The molecule has 0 saturated carbocycles. The van der Waals surface area contributed by atoms with Gasteiger partial charge in [0.2, 0.25) is 0 Å². The Balaban J connectivity index is 2.13. The minimum atomic E-state index is -0.286. The third kappa shape index (κ3) is 2.16. The van der Waals surface area contributed by atoms with Crippen LogP contribution in [-0.4, -0.2) is 4.98 Å². The molecule has 100 valence electrons. The zero-order chi connectivity index (χ0) is 14.1. The number of aryl methyl sites for hydroxylation is 1. The maximum absolute atomic E-state index is 13.2. The first-order valence-electron chi connectivity index (χ1n) is 6.31. The molecule has 1 aromatic heterocycles. The molecule has 0 atom stereocenters. The highest BCUT2D eigenvalue weighted by atomic mass is 19.1. The number of nitrogens with zero attached hydrogens (tertiary/aromatic N) is 1. The van der Waals surface area contributed by atoms with E-state index < -0.39 is 0 Å². The maximum atomic E-state index is 13.2. The summed E-state index contributed by atoms with van der Waals surface area (Å²) in [6.07, 6.45) is 1.76. The van der Waals surface area contributed by atoms with E-state index in [-0.39, 0.29) is 5.82 Å². The van der Waals surface area contributed by atoms with Crippen LogP contribution in [0, 0.1) is 12.7 Å². The van der Waals surface area contributed by atoms with E-state index in [1.165, 1.54) is 12.1 Å². The monoisotopic (exact) mass is 267 g/mol. The van der Waals surface area contributed by atoms with Crippen molar-refractivity contribution < 1.29 is 4.39 Å². The maximum Gasteiger partial charge on any atom is 0.138 e. The Morgan fingerprint density at radius 3 is 2.75 bits per heavy atom. The average Bonchev–Trinajstić information content (AvgIpc) is 2.42. The van der Waals surface area contributed by atoms with Gasteiger partial charge >= 0.3 is 0 Å². The molecule has 0 unspecified atom stereocenters. The number of pyridine rings is 1. The van der Waals surface area contributed by atoms with Gasteiger partial charge < -0.3 is 11.1 Å². The molecule has 2 aromatic carbocycles. The van der Waals surface area contributed by atoms with Crippen LogP contribution in [0.1, 0.15) is 5.56 Å². The highest BCUT2D eigenvalue weighted by molar-refractivity contribution is 6.02. The van der Waals surface area contributed by atoms with E-state index in [1.54, 1.807) is 18.3 Å². The fourth-order valence-electron chi connectivity index (χ4n) is 2.31. The first kappa shape index (κ1) is 12.4. The van der Waals surface area contributed by atoms with E-state index in [2.05, 4.69) is 10.3 Å². The van der Waals surface area contributed by atoms with Crippen molar-refractivity contribution in [2.24, 2.45) is 0 Å². The van der Waals surface area contributed by atoms with Crippen LogP contribution in [0.3, 0.4) is 0 Å². The van der Waals surface area contributed by atoms with E-state index in [4.69, 9.17) is 5.73 Å². The average molecular weight is 267 g/mol. The van der Waals surface area contributed by atoms with Crippen molar-refractivity contribution >= 4 is 28.0 Å². The SMILES string of the molecule is Cc1cnc(Nc2cccc(F)c2)c2cccc(N)c12. The summed E-state index contributed by atoms with van der Waals surface area (Å²) in [6.45, 7) is 1.97.